The van der Waals surface area contributed by atoms with E-state index in [0.29, 0.717) is 23.3 Å². The van der Waals surface area contributed by atoms with Crippen LogP contribution in [-0.2, 0) is 11.3 Å². The fourth-order valence-electron chi connectivity index (χ4n) is 1.17. The van der Waals surface area contributed by atoms with Crippen LogP contribution >= 0.6 is 23.2 Å². The molecule has 0 aliphatic carbocycles. The highest BCUT2D eigenvalue weighted by Gasteiger charge is 2.10. The standard InChI is InChI=1S/C9H13Cl2N3O/c1-6-8(10)9(11)14(13-6)5-3-4-12-7(2)15/h3-5H2,1-2H3,(H,12,15). The molecule has 0 saturated carbocycles. The Hall–Kier alpha value is -0.740. The number of carbonyl (C=O) groups is 1. The predicted molar refractivity (Wildman–Crippen MR) is 60.3 cm³/mol. The molecule has 0 bridgehead atoms. The maximum absolute atomic E-state index is 10.6. The molecule has 15 heavy (non-hydrogen) atoms. The van der Waals surface area contributed by atoms with Crippen molar-refractivity contribution in [2.45, 2.75) is 26.8 Å². The second-order valence-electron chi connectivity index (χ2n) is 3.25. The average Bonchev–Trinajstić information content (AvgIpc) is 2.41. The highest BCUT2D eigenvalue weighted by molar-refractivity contribution is 6.41. The molecular formula is C9H13Cl2N3O. The molecule has 1 aromatic rings. The third-order valence-electron chi connectivity index (χ3n) is 1.92. The SMILES string of the molecule is CC(=O)NCCCn1nc(C)c(Cl)c1Cl. The van der Waals surface area contributed by atoms with Crippen LogP contribution in [0, 0.1) is 6.92 Å². The van der Waals surface area contributed by atoms with Gasteiger partial charge < -0.3 is 5.32 Å². The number of aryl methyl sites for hydroxylation is 2. The number of nitrogens with one attached hydrogen (secondary N) is 1. The van der Waals surface area contributed by atoms with Gasteiger partial charge in [0.2, 0.25) is 5.91 Å². The van der Waals surface area contributed by atoms with Crippen LogP contribution in [0.5, 0.6) is 0 Å². The van der Waals surface area contributed by atoms with Gasteiger partial charge in [-0.15, -0.1) is 0 Å². The van der Waals surface area contributed by atoms with Crippen LogP contribution in [0.15, 0.2) is 0 Å². The van der Waals surface area contributed by atoms with Gasteiger partial charge in [0.1, 0.15) is 10.2 Å². The smallest absolute Gasteiger partial charge is 0.216 e. The Morgan fingerprint density at radius 2 is 2.20 bits per heavy atom. The van der Waals surface area contributed by atoms with Crippen molar-refractivity contribution < 1.29 is 4.79 Å². The van der Waals surface area contributed by atoms with E-state index in [2.05, 4.69) is 10.4 Å². The van der Waals surface area contributed by atoms with Gasteiger partial charge in [0, 0.05) is 20.0 Å². The summed E-state index contributed by atoms with van der Waals surface area (Å²) in [4.78, 5) is 10.6. The zero-order chi connectivity index (χ0) is 11.4. The lowest BCUT2D eigenvalue weighted by Crippen LogP contribution is -2.22. The number of rotatable bonds is 4. The van der Waals surface area contributed by atoms with Crippen LogP contribution < -0.4 is 5.32 Å². The van der Waals surface area contributed by atoms with E-state index < -0.39 is 0 Å². The number of halogens is 2. The van der Waals surface area contributed by atoms with Crippen molar-refractivity contribution in [3.63, 3.8) is 0 Å². The first-order chi connectivity index (χ1) is 7.02. The monoisotopic (exact) mass is 249 g/mol. The maximum Gasteiger partial charge on any atom is 0.216 e. The molecule has 0 aromatic carbocycles. The van der Waals surface area contributed by atoms with Crippen LogP contribution in [0.25, 0.3) is 0 Å². The van der Waals surface area contributed by atoms with Crippen molar-refractivity contribution in [1.82, 2.24) is 15.1 Å². The fraction of sp³-hybridized carbons (Fsp3) is 0.556. The number of hydrogen-bond acceptors (Lipinski definition) is 2. The molecule has 0 aliphatic heterocycles. The van der Waals surface area contributed by atoms with E-state index in [4.69, 9.17) is 23.2 Å². The summed E-state index contributed by atoms with van der Waals surface area (Å²) >= 11 is 11.8. The van der Waals surface area contributed by atoms with Gasteiger partial charge in [-0.1, -0.05) is 23.2 Å². The zero-order valence-corrected chi connectivity index (χ0v) is 10.2. The summed E-state index contributed by atoms with van der Waals surface area (Å²) < 4.78 is 1.64. The summed E-state index contributed by atoms with van der Waals surface area (Å²) in [6.07, 6.45) is 0.775. The van der Waals surface area contributed by atoms with Crippen molar-refractivity contribution in [1.29, 1.82) is 0 Å². The highest BCUT2D eigenvalue weighted by Crippen LogP contribution is 2.24. The van der Waals surface area contributed by atoms with Crippen LogP contribution in [0.4, 0.5) is 0 Å². The molecule has 0 radical (unpaired) electrons. The van der Waals surface area contributed by atoms with E-state index in [1.807, 2.05) is 0 Å². The molecule has 0 spiro atoms. The van der Waals surface area contributed by atoms with E-state index >= 15 is 0 Å². The molecule has 1 amide bonds. The average molecular weight is 250 g/mol. The van der Waals surface area contributed by atoms with Gasteiger partial charge in [0.25, 0.3) is 0 Å². The first-order valence-electron chi connectivity index (χ1n) is 4.65. The van der Waals surface area contributed by atoms with Gasteiger partial charge in [-0.25, -0.2) is 0 Å². The minimum atomic E-state index is -0.0317. The van der Waals surface area contributed by atoms with Crippen molar-refractivity contribution >= 4 is 29.1 Å². The van der Waals surface area contributed by atoms with Crippen LogP contribution in [-0.4, -0.2) is 22.2 Å². The molecule has 0 aliphatic rings. The van der Waals surface area contributed by atoms with Crippen molar-refractivity contribution in [3.05, 3.63) is 15.9 Å². The normalized spacial score (nSPS) is 10.4. The molecule has 1 aromatic heterocycles. The molecule has 4 nitrogen and oxygen atoms in total. The lowest BCUT2D eigenvalue weighted by molar-refractivity contribution is -0.118. The van der Waals surface area contributed by atoms with Crippen molar-refractivity contribution in [2.75, 3.05) is 6.54 Å². The van der Waals surface area contributed by atoms with Gasteiger partial charge in [0.05, 0.1) is 5.69 Å². The molecule has 6 heteroatoms. The third kappa shape index (κ3) is 3.39. The number of aromatic nitrogens is 2. The minimum absolute atomic E-state index is 0.0317. The molecule has 84 valence electrons. The van der Waals surface area contributed by atoms with Crippen molar-refractivity contribution in [2.24, 2.45) is 0 Å². The Bertz CT molecular complexity index is 362. The lowest BCUT2D eigenvalue weighted by Gasteiger charge is -2.03. The summed E-state index contributed by atoms with van der Waals surface area (Å²) in [5, 5.41) is 7.82. The van der Waals surface area contributed by atoms with Crippen LogP contribution in [0.1, 0.15) is 19.0 Å². The second kappa shape index (κ2) is 5.37. The third-order valence-corrected chi connectivity index (χ3v) is 2.85. The molecular weight excluding hydrogens is 237 g/mol. The number of amides is 1. The van der Waals surface area contributed by atoms with Crippen LogP contribution in [0.3, 0.4) is 0 Å². The van der Waals surface area contributed by atoms with E-state index in [1.54, 1.807) is 11.6 Å². The Balaban J connectivity index is 2.44. The molecule has 0 saturated heterocycles. The highest BCUT2D eigenvalue weighted by atomic mass is 35.5. The largest absolute Gasteiger partial charge is 0.356 e. The van der Waals surface area contributed by atoms with Gasteiger partial charge >= 0.3 is 0 Å². The minimum Gasteiger partial charge on any atom is -0.356 e. The summed E-state index contributed by atoms with van der Waals surface area (Å²) in [6, 6.07) is 0. The summed E-state index contributed by atoms with van der Waals surface area (Å²) in [7, 11) is 0. The fourth-order valence-corrected chi connectivity index (χ4v) is 1.57. The number of hydrogen-bond donors (Lipinski definition) is 1. The molecule has 0 fully saturated rings. The molecule has 1 heterocycles. The van der Waals surface area contributed by atoms with Gasteiger partial charge in [-0.3, -0.25) is 9.48 Å². The Labute approximate surface area is 98.5 Å². The molecule has 0 atom stereocenters. The van der Waals surface area contributed by atoms with Crippen LogP contribution in [0.2, 0.25) is 10.2 Å². The second-order valence-corrected chi connectivity index (χ2v) is 3.99. The molecule has 0 unspecified atom stereocenters. The Morgan fingerprint density at radius 3 is 2.67 bits per heavy atom. The lowest BCUT2D eigenvalue weighted by atomic mass is 10.4. The van der Waals surface area contributed by atoms with E-state index in [0.717, 1.165) is 12.1 Å². The quantitative estimate of drug-likeness (QED) is 0.831. The van der Waals surface area contributed by atoms with E-state index in [1.165, 1.54) is 6.92 Å². The van der Waals surface area contributed by atoms with Gasteiger partial charge in [-0.05, 0) is 13.3 Å². The molecule has 1 N–H and O–H groups in total. The summed E-state index contributed by atoms with van der Waals surface area (Å²) in [5.41, 5.74) is 0.723. The van der Waals surface area contributed by atoms with Crippen molar-refractivity contribution in [3.8, 4) is 0 Å². The Morgan fingerprint density at radius 1 is 1.53 bits per heavy atom. The zero-order valence-electron chi connectivity index (χ0n) is 8.68. The molecule has 1 rings (SSSR count). The summed E-state index contributed by atoms with van der Waals surface area (Å²) in [6.45, 7) is 4.55. The summed E-state index contributed by atoms with van der Waals surface area (Å²) in [5.74, 6) is -0.0317. The Kier molecular flexibility index (Phi) is 4.42. The topological polar surface area (TPSA) is 46.9 Å². The predicted octanol–water partition coefficient (Wildman–Crippen LogP) is 2.02. The van der Waals surface area contributed by atoms with Gasteiger partial charge in [-0.2, -0.15) is 5.10 Å². The first-order valence-corrected chi connectivity index (χ1v) is 5.41. The van der Waals surface area contributed by atoms with E-state index in [-0.39, 0.29) is 5.91 Å². The van der Waals surface area contributed by atoms with E-state index in [9.17, 15) is 4.79 Å². The maximum atomic E-state index is 10.6. The number of nitrogens with zero attached hydrogens (tertiary/aromatic N) is 2. The van der Waals surface area contributed by atoms with Gasteiger partial charge in [0.15, 0.2) is 0 Å². The first kappa shape index (κ1) is 12.3. The number of carbonyl (C=O) groups excluding carboxylic acids is 1.